The van der Waals surface area contributed by atoms with Gasteiger partial charge >= 0.3 is 0 Å². The van der Waals surface area contributed by atoms with E-state index in [0.717, 1.165) is 10.4 Å². The van der Waals surface area contributed by atoms with Crippen molar-refractivity contribution in [1.82, 2.24) is 4.57 Å². The van der Waals surface area contributed by atoms with Gasteiger partial charge in [-0.25, -0.2) is 9.30 Å². The molecule has 0 N–H and O–H groups in total. The normalized spacial score (nSPS) is 10.4. The lowest BCUT2D eigenvalue weighted by molar-refractivity contribution is -0.611. The molecule has 1 heterocycles. The molecular weight excluding hydrogens is 176 g/mol. The maximum atomic E-state index is 11.2. The van der Waals surface area contributed by atoms with Crippen molar-refractivity contribution in [3.05, 3.63) is 53.3 Å². The smallest absolute Gasteiger partial charge is 0.252 e. The first-order valence-electron chi connectivity index (χ1n) is 4.51. The van der Waals surface area contributed by atoms with E-state index in [1.807, 2.05) is 42.0 Å². The molecule has 0 fully saturated rings. The number of hydrogen-bond acceptors (Lipinski definition) is 1. The molecule has 3 heteroatoms. The number of imidazole rings is 1. The molecule has 0 unspecified atom stereocenters. The Morgan fingerprint density at radius 3 is 2.29 bits per heavy atom. The first-order valence-corrected chi connectivity index (χ1v) is 4.51. The second-order valence-electron chi connectivity index (χ2n) is 3.45. The van der Waals surface area contributed by atoms with E-state index in [-0.39, 0.29) is 0 Å². The first-order chi connectivity index (χ1) is 6.66. The molecule has 0 amide bonds. The van der Waals surface area contributed by atoms with E-state index < -0.39 is 0 Å². The Bertz CT molecular complexity index is 423. The molecule has 72 valence electrons. The number of aryl methyl sites for hydroxylation is 2. The Morgan fingerprint density at radius 2 is 1.79 bits per heavy atom. The van der Waals surface area contributed by atoms with Gasteiger partial charge in [0.1, 0.15) is 17.6 Å². The number of nitrogens with zero attached hydrogens (tertiary/aromatic N) is 2. The van der Waals surface area contributed by atoms with Crippen molar-refractivity contribution in [2.75, 3.05) is 0 Å². The summed E-state index contributed by atoms with van der Waals surface area (Å²) in [5.74, 6) is 0. The molecule has 0 aliphatic heterocycles. The van der Waals surface area contributed by atoms with Gasteiger partial charge in [0.15, 0.2) is 0 Å². The van der Waals surface area contributed by atoms with Gasteiger partial charge in [-0.2, -0.15) is 0 Å². The number of hydrogen-bond donors (Lipinski definition) is 0. The van der Waals surface area contributed by atoms with Crippen LogP contribution in [-0.4, -0.2) is 4.57 Å². The van der Waals surface area contributed by atoms with Crippen LogP contribution in [-0.2, 0) is 0 Å². The van der Waals surface area contributed by atoms with E-state index >= 15 is 0 Å². The van der Waals surface area contributed by atoms with Crippen LogP contribution in [0.1, 0.15) is 11.3 Å². The fourth-order valence-electron chi connectivity index (χ4n) is 1.35. The van der Waals surface area contributed by atoms with E-state index in [4.69, 9.17) is 0 Å². The Labute approximate surface area is 82.8 Å². The molecule has 0 atom stereocenters. The predicted octanol–water partition coefficient (Wildman–Crippen LogP) is 1.73. The quantitative estimate of drug-likeness (QED) is 0.495. The van der Waals surface area contributed by atoms with Crippen LogP contribution in [0.3, 0.4) is 0 Å². The molecule has 1 aromatic heterocycles. The summed E-state index contributed by atoms with van der Waals surface area (Å²) >= 11 is 0. The summed E-state index contributed by atoms with van der Waals surface area (Å²) in [6.45, 7) is 3.83. The van der Waals surface area contributed by atoms with Gasteiger partial charge in [-0.15, -0.1) is 0 Å². The minimum absolute atomic E-state index is 0.700. The zero-order valence-electron chi connectivity index (χ0n) is 8.27. The fraction of sp³-hybridized carbons (Fsp3) is 0.182. The van der Waals surface area contributed by atoms with Crippen molar-refractivity contribution >= 4 is 0 Å². The molecule has 0 saturated carbocycles. The van der Waals surface area contributed by atoms with Crippen molar-refractivity contribution in [1.29, 1.82) is 0 Å². The molecule has 0 saturated heterocycles. The van der Waals surface area contributed by atoms with Crippen LogP contribution >= 0.6 is 0 Å². The first kappa shape index (κ1) is 8.81. The van der Waals surface area contributed by atoms with Gasteiger partial charge < -0.3 is 5.21 Å². The maximum Gasteiger partial charge on any atom is 0.252 e. The number of aromatic nitrogens is 2. The van der Waals surface area contributed by atoms with Crippen LogP contribution in [0, 0.1) is 19.1 Å². The topological polar surface area (TPSA) is 31.9 Å². The molecule has 1 aromatic carbocycles. The fourth-order valence-corrected chi connectivity index (χ4v) is 1.35. The van der Waals surface area contributed by atoms with Crippen LogP contribution in [0.15, 0.2) is 36.8 Å². The predicted molar refractivity (Wildman–Crippen MR) is 54.2 cm³/mol. The molecule has 0 bridgehead atoms. The second kappa shape index (κ2) is 3.18. The molecule has 0 aliphatic carbocycles. The van der Waals surface area contributed by atoms with Crippen LogP contribution in [0.5, 0.6) is 0 Å². The lowest BCUT2D eigenvalue weighted by Crippen LogP contribution is -2.25. The zero-order valence-corrected chi connectivity index (χ0v) is 8.27. The SMILES string of the molecule is Cc1ccc(-n2cc(C)[n+]([O-])c2)cc1. The second-order valence-corrected chi connectivity index (χ2v) is 3.45. The molecule has 0 aliphatic rings. The number of rotatable bonds is 1. The summed E-state index contributed by atoms with van der Waals surface area (Å²) in [6.07, 6.45) is 3.34. The van der Waals surface area contributed by atoms with Gasteiger partial charge in [-0.3, -0.25) is 0 Å². The van der Waals surface area contributed by atoms with Crippen molar-refractivity contribution in [3.63, 3.8) is 0 Å². The van der Waals surface area contributed by atoms with E-state index in [9.17, 15) is 5.21 Å². The van der Waals surface area contributed by atoms with Gasteiger partial charge in [0.2, 0.25) is 0 Å². The molecule has 0 spiro atoms. The lowest BCUT2D eigenvalue weighted by atomic mass is 10.2. The highest BCUT2D eigenvalue weighted by Crippen LogP contribution is 2.08. The monoisotopic (exact) mass is 188 g/mol. The van der Waals surface area contributed by atoms with Crippen LogP contribution in [0.4, 0.5) is 0 Å². The summed E-state index contributed by atoms with van der Waals surface area (Å²) in [6, 6.07) is 8.04. The zero-order chi connectivity index (χ0) is 10.1. The molecule has 3 nitrogen and oxygen atoms in total. The highest BCUT2D eigenvalue weighted by Gasteiger charge is 2.05. The summed E-state index contributed by atoms with van der Waals surface area (Å²) in [7, 11) is 0. The third-order valence-electron chi connectivity index (χ3n) is 2.23. The van der Waals surface area contributed by atoms with Crippen LogP contribution in [0.25, 0.3) is 5.69 Å². The Morgan fingerprint density at radius 1 is 1.14 bits per heavy atom. The van der Waals surface area contributed by atoms with Gasteiger partial charge in [0.25, 0.3) is 6.33 Å². The van der Waals surface area contributed by atoms with E-state index in [0.29, 0.717) is 5.69 Å². The summed E-state index contributed by atoms with van der Waals surface area (Å²) in [5.41, 5.74) is 2.92. The summed E-state index contributed by atoms with van der Waals surface area (Å²) < 4.78 is 2.68. The molecule has 2 aromatic rings. The highest BCUT2D eigenvalue weighted by molar-refractivity contribution is 5.33. The Hall–Kier alpha value is -1.77. The average Bonchev–Trinajstić information content (AvgIpc) is 2.48. The van der Waals surface area contributed by atoms with E-state index in [2.05, 4.69) is 0 Å². The third-order valence-corrected chi connectivity index (χ3v) is 2.23. The summed E-state index contributed by atoms with van der Waals surface area (Å²) in [5, 5.41) is 11.2. The molecule has 2 rings (SSSR count). The van der Waals surface area contributed by atoms with Crippen molar-refractivity contribution in [2.24, 2.45) is 0 Å². The minimum atomic E-state index is 0.700. The maximum absolute atomic E-state index is 11.2. The third kappa shape index (κ3) is 1.48. The highest BCUT2D eigenvalue weighted by atomic mass is 16.5. The Kier molecular flexibility index (Phi) is 2.00. The minimum Gasteiger partial charge on any atom is -0.711 e. The Balaban J connectivity index is 2.44. The molecule has 14 heavy (non-hydrogen) atoms. The molecule has 0 radical (unpaired) electrons. The van der Waals surface area contributed by atoms with E-state index in [1.165, 1.54) is 11.9 Å². The van der Waals surface area contributed by atoms with Gasteiger partial charge in [0.05, 0.1) is 0 Å². The van der Waals surface area contributed by atoms with E-state index in [1.54, 1.807) is 6.92 Å². The van der Waals surface area contributed by atoms with Gasteiger partial charge in [0, 0.05) is 6.92 Å². The largest absolute Gasteiger partial charge is 0.711 e. The standard InChI is InChI=1S/C11H12N2O/c1-9-3-5-11(6-4-9)12-7-10(2)13(14)8-12/h3-8H,1-2H3. The van der Waals surface area contributed by atoms with Crippen LogP contribution in [0.2, 0.25) is 0 Å². The average molecular weight is 188 g/mol. The van der Waals surface area contributed by atoms with Gasteiger partial charge in [-0.05, 0) is 19.1 Å². The molecular formula is C11H12N2O. The van der Waals surface area contributed by atoms with Crippen molar-refractivity contribution in [2.45, 2.75) is 13.8 Å². The number of benzene rings is 1. The summed E-state index contributed by atoms with van der Waals surface area (Å²) in [4.78, 5) is 0. The van der Waals surface area contributed by atoms with Crippen molar-refractivity contribution < 1.29 is 4.73 Å². The van der Waals surface area contributed by atoms with Crippen LogP contribution < -0.4 is 4.73 Å². The van der Waals surface area contributed by atoms with Gasteiger partial charge in [-0.1, -0.05) is 17.7 Å². The van der Waals surface area contributed by atoms with Crippen molar-refractivity contribution in [3.8, 4) is 5.69 Å². The lowest BCUT2D eigenvalue weighted by Gasteiger charge is -1.96.